The summed E-state index contributed by atoms with van der Waals surface area (Å²) in [6, 6.07) is 10.7. The molecule has 3 aromatic rings. The molecule has 118 valence electrons. The van der Waals surface area contributed by atoms with Crippen LogP contribution in [0.4, 0.5) is 24.7 Å². The molecule has 4 nitrogen and oxygen atoms in total. The molecule has 7 heteroatoms. The lowest BCUT2D eigenvalue weighted by Gasteiger charge is -2.11. The Morgan fingerprint density at radius 2 is 1.87 bits per heavy atom. The molecule has 0 aliphatic carbocycles. The fraction of sp³-hybridized carbons (Fsp3) is 0.125. The zero-order valence-electron chi connectivity index (χ0n) is 12.1. The predicted molar refractivity (Wildman–Crippen MR) is 80.7 cm³/mol. The minimum absolute atomic E-state index is 0.179. The van der Waals surface area contributed by atoms with E-state index >= 15 is 0 Å². The highest BCUT2D eigenvalue weighted by Gasteiger charge is 2.15. The summed E-state index contributed by atoms with van der Waals surface area (Å²) < 4.78 is 44.5. The van der Waals surface area contributed by atoms with Crippen molar-refractivity contribution in [1.82, 2.24) is 9.97 Å². The zero-order chi connectivity index (χ0) is 16.4. The van der Waals surface area contributed by atoms with E-state index in [1.807, 2.05) is 0 Å². The van der Waals surface area contributed by atoms with Crippen LogP contribution in [0.3, 0.4) is 0 Å². The van der Waals surface area contributed by atoms with Crippen LogP contribution >= 0.6 is 0 Å². The molecule has 0 spiro atoms. The van der Waals surface area contributed by atoms with Gasteiger partial charge in [0.2, 0.25) is 0 Å². The summed E-state index contributed by atoms with van der Waals surface area (Å²) in [4.78, 5) is 7.67. The number of nitrogens with zero attached hydrogens (tertiary/aromatic N) is 2. The SMILES string of the molecule is COc1cc(F)cc(Nc2nc(C(F)F)nc3ccccc23)c1. The van der Waals surface area contributed by atoms with Gasteiger partial charge in [-0.2, -0.15) is 0 Å². The molecule has 1 heterocycles. The van der Waals surface area contributed by atoms with Gasteiger partial charge >= 0.3 is 0 Å². The largest absolute Gasteiger partial charge is 0.497 e. The van der Waals surface area contributed by atoms with Crippen LogP contribution in [0.5, 0.6) is 5.75 Å². The molecule has 0 saturated carbocycles. The van der Waals surface area contributed by atoms with E-state index < -0.39 is 18.1 Å². The molecule has 0 radical (unpaired) electrons. The molecule has 0 amide bonds. The van der Waals surface area contributed by atoms with Gasteiger partial charge in [-0.1, -0.05) is 12.1 Å². The first-order valence-corrected chi connectivity index (χ1v) is 6.73. The first-order valence-electron chi connectivity index (χ1n) is 6.73. The van der Waals surface area contributed by atoms with Crippen molar-refractivity contribution in [2.24, 2.45) is 0 Å². The molecule has 0 bridgehead atoms. The van der Waals surface area contributed by atoms with Crippen LogP contribution in [0.25, 0.3) is 10.9 Å². The first kappa shape index (κ1) is 15.1. The number of hydrogen-bond acceptors (Lipinski definition) is 4. The Labute approximate surface area is 129 Å². The van der Waals surface area contributed by atoms with E-state index in [4.69, 9.17) is 4.74 Å². The molecule has 1 aromatic heterocycles. The maximum atomic E-state index is 13.6. The predicted octanol–water partition coefficient (Wildman–Crippen LogP) is 4.46. The van der Waals surface area contributed by atoms with Crippen molar-refractivity contribution in [3.8, 4) is 5.75 Å². The molecule has 1 N–H and O–H groups in total. The van der Waals surface area contributed by atoms with Crippen molar-refractivity contribution in [1.29, 1.82) is 0 Å². The molecule has 0 aliphatic rings. The van der Waals surface area contributed by atoms with Gasteiger partial charge in [0, 0.05) is 23.2 Å². The van der Waals surface area contributed by atoms with Crippen molar-refractivity contribution in [3.05, 3.63) is 54.1 Å². The average Bonchev–Trinajstić information content (AvgIpc) is 2.54. The molecule has 2 aromatic carbocycles. The monoisotopic (exact) mass is 319 g/mol. The minimum atomic E-state index is -2.80. The Balaban J connectivity index is 2.10. The van der Waals surface area contributed by atoms with E-state index in [0.29, 0.717) is 22.3 Å². The number of benzene rings is 2. The molecular formula is C16H12F3N3O. The standard InChI is InChI=1S/C16H12F3N3O/c1-23-11-7-9(17)6-10(8-11)20-15-12-4-2-3-5-13(12)21-16(22-15)14(18)19/h2-8,14H,1H3,(H,20,21,22). The third-order valence-electron chi connectivity index (χ3n) is 3.19. The number of para-hydroxylation sites is 1. The van der Waals surface area contributed by atoms with Crippen LogP contribution in [0.15, 0.2) is 42.5 Å². The van der Waals surface area contributed by atoms with Gasteiger partial charge in [0.15, 0.2) is 5.82 Å². The second-order valence-electron chi connectivity index (χ2n) is 4.75. The molecule has 0 unspecified atom stereocenters. The molecule has 0 aliphatic heterocycles. The highest BCUT2D eigenvalue weighted by atomic mass is 19.3. The van der Waals surface area contributed by atoms with E-state index in [1.54, 1.807) is 30.3 Å². The molecular weight excluding hydrogens is 307 g/mol. The Morgan fingerprint density at radius 1 is 1.09 bits per heavy atom. The molecule has 0 fully saturated rings. The maximum Gasteiger partial charge on any atom is 0.297 e. The number of nitrogens with one attached hydrogen (secondary N) is 1. The highest BCUT2D eigenvalue weighted by Crippen LogP contribution is 2.28. The smallest absolute Gasteiger partial charge is 0.297 e. The first-order chi connectivity index (χ1) is 11.1. The lowest BCUT2D eigenvalue weighted by atomic mass is 10.2. The van der Waals surface area contributed by atoms with Gasteiger partial charge in [-0.25, -0.2) is 23.1 Å². The van der Waals surface area contributed by atoms with Crippen molar-refractivity contribution < 1.29 is 17.9 Å². The van der Waals surface area contributed by atoms with Crippen LogP contribution in [0.2, 0.25) is 0 Å². The van der Waals surface area contributed by atoms with Gasteiger partial charge in [0.1, 0.15) is 17.4 Å². The number of alkyl halides is 2. The number of halogens is 3. The van der Waals surface area contributed by atoms with Crippen LogP contribution < -0.4 is 10.1 Å². The lowest BCUT2D eigenvalue weighted by molar-refractivity contribution is 0.141. The van der Waals surface area contributed by atoms with E-state index in [1.165, 1.54) is 19.2 Å². The summed E-state index contributed by atoms with van der Waals surface area (Å²) in [5.41, 5.74) is 0.717. The van der Waals surface area contributed by atoms with Gasteiger partial charge in [-0.3, -0.25) is 0 Å². The second kappa shape index (κ2) is 6.12. The number of ether oxygens (including phenoxy) is 1. The second-order valence-corrected chi connectivity index (χ2v) is 4.75. The van der Waals surface area contributed by atoms with E-state index in [2.05, 4.69) is 15.3 Å². The topological polar surface area (TPSA) is 47.0 Å². The molecule has 23 heavy (non-hydrogen) atoms. The highest BCUT2D eigenvalue weighted by molar-refractivity contribution is 5.90. The minimum Gasteiger partial charge on any atom is -0.497 e. The third-order valence-corrected chi connectivity index (χ3v) is 3.19. The molecule has 3 rings (SSSR count). The number of fused-ring (bicyclic) bond motifs is 1. The van der Waals surface area contributed by atoms with Gasteiger partial charge in [0.25, 0.3) is 6.43 Å². The number of methoxy groups -OCH3 is 1. The van der Waals surface area contributed by atoms with E-state index in [9.17, 15) is 13.2 Å². The van der Waals surface area contributed by atoms with Gasteiger partial charge in [-0.15, -0.1) is 0 Å². The number of anilines is 2. The maximum absolute atomic E-state index is 13.6. The zero-order valence-corrected chi connectivity index (χ0v) is 12.1. The van der Waals surface area contributed by atoms with Crippen molar-refractivity contribution in [3.63, 3.8) is 0 Å². The quantitative estimate of drug-likeness (QED) is 0.771. The van der Waals surface area contributed by atoms with Crippen molar-refractivity contribution in [2.75, 3.05) is 12.4 Å². The van der Waals surface area contributed by atoms with Gasteiger partial charge < -0.3 is 10.1 Å². The Morgan fingerprint density at radius 3 is 2.61 bits per heavy atom. The van der Waals surface area contributed by atoms with Crippen LogP contribution in [0.1, 0.15) is 12.2 Å². The van der Waals surface area contributed by atoms with E-state index in [-0.39, 0.29) is 5.82 Å². The van der Waals surface area contributed by atoms with E-state index in [0.717, 1.165) is 0 Å². The van der Waals surface area contributed by atoms with Gasteiger partial charge in [-0.05, 0) is 18.2 Å². The van der Waals surface area contributed by atoms with Crippen molar-refractivity contribution >= 4 is 22.4 Å². The van der Waals surface area contributed by atoms with Crippen molar-refractivity contribution in [2.45, 2.75) is 6.43 Å². The fourth-order valence-electron chi connectivity index (χ4n) is 2.18. The summed E-state index contributed by atoms with van der Waals surface area (Å²) in [5, 5.41) is 3.41. The Bertz CT molecular complexity index is 855. The average molecular weight is 319 g/mol. The summed E-state index contributed by atoms with van der Waals surface area (Å²) in [5.74, 6) is -0.618. The number of aromatic nitrogens is 2. The van der Waals surface area contributed by atoms with Crippen LogP contribution in [-0.4, -0.2) is 17.1 Å². The lowest BCUT2D eigenvalue weighted by Crippen LogP contribution is -2.02. The van der Waals surface area contributed by atoms with Gasteiger partial charge in [0.05, 0.1) is 12.6 Å². The summed E-state index contributed by atoms with van der Waals surface area (Å²) in [7, 11) is 1.41. The van der Waals surface area contributed by atoms with Crippen LogP contribution in [-0.2, 0) is 0 Å². The summed E-state index contributed by atoms with van der Waals surface area (Å²) >= 11 is 0. The fourth-order valence-corrected chi connectivity index (χ4v) is 2.18. The third kappa shape index (κ3) is 3.18. The summed E-state index contributed by atoms with van der Waals surface area (Å²) in [6.07, 6.45) is -2.80. The number of hydrogen-bond donors (Lipinski definition) is 1. The number of rotatable bonds is 4. The normalized spacial score (nSPS) is 11.0. The Kier molecular flexibility index (Phi) is 4.01. The summed E-state index contributed by atoms with van der Waals surface area (Å²) in [6.45, 7) is 0. The Hall–Kier alpha value is -2.83. The van der Waals surface area contributed by atoms with Crippen LogP contribution in [0, 0.1) is 5.82 Å². The molecule has 0 atom stereocenters. The molecule has 0 saturated heterocycles.